The maximum Gasteiger partial charge on any atom is 0.446 e. The molecule has 0 aliphatic carbocycles. The monoisotopic (exact) mass is 221 g/mol. The van der Waals surface area contributed by atoms with Crippen LogP contribution in [0.1, 0.15) is 0 Å². The molecule has 0 saturated heterocycles. The van der Waals surface area contributed by atoms with Crippen molar-refractivity contribution in [3.05, 3.63) is 24.3 Å². The van der Waals surface area contributed by atoms with E-state index in [0.717, 1.165) is 12.5 Å². The van der Waals surface area contributed by atoms with E-state index in [1.807, 2.05) is 0 Å². The van der Waals surface area contributed by atoms with Gasteiger partial charge in [0.2, 0.25) is 0 Å². The molecule has 0 bridgehead atoms. The normalized spacial score (nSPS) is 11.1. The highest BCUT2D eigenvalue weighted by molar-refractivity contribution is 8.00. The minimum Gasteiger partial charge on any atom is -0.418 e. The molecule has 0 saturated carbocycles. The highest BCUT2D eigenvalue weighted by atomic mass is 32.2. The SMILES string of the molecule is O=[C]Oc1cccc(SC(F)(F)F)c1. The summed E-state index contributed by atoms with van der Waals surface area (Å²) in [6.45, 7) is 1.13. The van der Waals surface area contributed by atoms with Crippen molar-refractivity contribution in [2.45, 2.75) is 10.4 Å². The summed E-state index contributed by atoms with van der Waals surface area (Å²) in [6.07, 6.45) is 0. The Bertz CT molecular complexity index is 325. The average Bonchev–Trinajstić information content (AvgIpc) is 2.02. The molecule has 14 heavy (non-hydrogen) atoms. The van der Waals surface area contributed by atoms with Crippen LogP contribution >= 0.6 is 11.8 Å². The molecule has 0 unspecified atom stereocenters. The second-order valence-corrected chi connectivity index (χ2v) is 3.35. The third-order valence-electron chi connectivity index (χ3n) is 1.20. The smallest absolute Gasteiger partial charge is 0.418 e. The van der Waals surface area contributed by atoms with E-state index in [1.165, 1.54) is 18.2 Å². The van der Waals surface area contributed by atoms with E-state index in [9.17, 15) is 18.0 Å². The number of alkyl halides is 3. The van der Waals surface area contributed by atoms with Crippen molar-refractivity contribution < 1.29 is 22.7 Å². The minimum absolute atomic E-state index is 0.0363. The van der Waals surface area contributed by atoms with E-state index in [-0.39, 0.29) is 22.4 Å². The molecule has 0 heterocycles. The van der Waals surface area contributed by atoms with Gasteiger partial charge in [0, 0.05) is 4.90 Å². The van der Waals surface area contributed by atoms with Gasteiger partial charge < -0.3 is 4.74 Å². The van der Waals surface area contributed by atoms with Crippen LogP contribution in [0, 0.1) is 0 Å². The second kappa shape index (κ2) is 4.36. The van der Waals surface area contributed by atoms with Crippen LogP contribution < -0.4 is 4.74 Å². The quantitative estimate of drug-likeness (QED) is 0.734. The fourth-order valence-electron chi connectivity index (χ4n) is 0.783. The first-order valence-electron chi connectivity index (χ1n) is 3.41. The Labute approximate surface area is 82.1 Å². The van der Waals surface area contributed by atoms with Crippen molar-refractivity contribution in [1.29, 1.82) is 0 Å². The Morgan fingerprint density at radius 3 is 2.64 bits per heavy atom. The van der Waals surface area contributed by atoms with Gasteiger partial charge in [0.05, 0.1) is 0 Å². The molecule has 6 heteroatoms. The van der Waals surface area contributed by atoms with E-state index in [1.54, 1.807) is 0 Å². The summed E-state index contributed by atoms with van der Waals surface area (Å²) in [6, 6.07) is 5.12. The Balaban J connectivity index is 2.78. The Morgan fingerprint density at radius 1 is 1.36 bits per heavy atom. The van der Waals surface area contributed by atoms with Crippen molar-refractivity contribution in [1.82, 2.24) is 0 Å². The fourth-order valence-corrected chi connectivity index (χ4v) is 1.37. The third-order valence-corrected chi connectivity index (χ3v) is 1.92. The molecule has 1 rings (SSSR count). The lowest BCUT2D eigenvalue weighted by atomic mass is 10.3. The van der Waals surface area contributed by atoms with Gasteiger partial charge in [-0.25, -0.2) is 4.79 Å². The molecule has 0 fully saturated rings. The second-order valence-electron chi connectivity index (χ2n) is 2.21. The van der Waals surface area contributed by atoms with E-state index in [4.69, 9.17) is 0 Å². The summed E-state index contributed by atoms with van der Waals surface area (Å²) in [5, 5.41) is 0. The predicted octanol–water partition coefficient (Wildman–Crippen LogP) is 2.74. The maximum atomic E-state index is 11.9. The molecule has 75 valence electrons. The first-order chi connectivity index (χ1) is 6.51. The summed E-state index contributed by atoms with van der Waals surface area (Å²) in [5.41, 5.74) is -4.34. The zero-order chi connectivity index (χ0) is 10.6. The molecule has 2 nitrogen and oxygen atoms in total. The molecule has 1 radical (unpaired) electrons. The number of halogens is 3. The molecule has 1 aromatic carbocycles. The standard InChI is InChI=1S/C8H4F3O2S/c9-8(10,11)14-7-3-1-2-6(4-7)13-5-12/h1-4H. The number of hydrogen-bond donors (Lipinski definition) is 0. The number of benzene rings is 1. The van der Waals surface area contributed by atoms with Crippen LogP contribution in [0.4, 0.5) is 13.2 Å². The number of hydrogen-bond acceptors (Lipinski definition) is 3. The van der Waals surface area contributed by atoms with E-state index in [2.05, 4.69) is 4.74 Å². The number of rotatable bonds is 3. The summed E-state index contributed by atoms with van der Waals surface area (Å²) in [4.78, 5) is 9.76. The summed E-state index contributed by atoms with van der Waals surface area (Å²) in [7, 11) is 0. The summed E-state index contributed by atoms with van der Waals surface area (Å²) in [5.74, 6) is 0.0363. The lowest BCUT2D eigenvalue weighted by Gasteiger charge is -2.05. The molecular formula is C8H4F3O2S. The number of ether oxygens (including phenoxy) is 1. The number of thioether (sulfide) groups is 1. The van der Waals surface area contributed by atoms with Gasteiger partial charge in [0.1, 0.15) is 5.75 Å². The van der Waals surface area contributed by atoms with Crippen LogP contribution in [-0.2, 0) is 4.79 Å². The van der Waals surface area contributed by atoms with Gasteiger partial charge in [-0.05, 0) is 30.0 Å². The molecule has 1 aromatic rings. The average molecular weight is 221 g/mol. The zero-order valence-corrected chi connectivity index (χ0v) is 7.48. The molecule has 0 N–H and O–H groups in total. The lowest BCUT2D eigenvalue weighted by molar-refractivity contribution is -0.0328. The third kappa shape index (κ3) is 3.69. The Kier molecular flexibility index (Phi) is 3.40. The topological polar surface area (TPSA) is 26.3 Å². The van der Waals surface area contributed by atoms with Crippen LogP contribution in [0.25, 0.3) is 0 Å². The van der Waals surface area contributed by atoms with Crippen LogP contribution in [-0.4, -0.2) is 12.0 Å². The van der Waals surface area contributed by atoms with Crippen LogP contribution in [0.3, 0.4) is 0 Å². The van der Waals surface area contributed by atoms with Crippen molar-refractivity contribution in [2.75, 3.05) is 0 Å². The van der Waals surface area contributed by atoms with Gasteiger partial charge in [-0.2, -0.15) is 13.2 Å². The predicted molar refractivity (Wildman–Crippen MR) is 44.7 cm³/mol. The van der Waals surface area contributed by atoms with Crippen LogP contribution in [0.2, 0.25) is 0 Å². The first kappa shape index (κ1) is 10.9. The largest absolute Gasteiger partial charge is 0.446 e. The first-order valence-corrected chi connectivity index (χ1v) is 4.23. The summed E-state index contributed by atoms with van der Waals surface area (Å²) < 4.78 is 40.0. The molecule has 0 atom stereocenters. The van der Waals surface area contributed by atoms with Crippen LogP contribution in [0.5, 0.6) is 5.75 Å². The minimum atomic E-state index is -4.34. The highest BCUT2D eigenvalue weighted by Gasteiger charge is 2.29. The van der Waals surface area contributed by atoms with E-state index in [0.29, 0.717) is 0 Å². The molecular weight excluding hydrogens is 217 g/mol. The van der Waals surface area contributed by atoms with Gasteiger partial charge in [0.25, 0.3) is 0 Å². The maximum absolute atomic E-state index is 11.9. The molecule has 0 aromatic heterocycles. The van der Waals surface area contributed by atoms with Crippen molar-refractivity contribution in [3.63, 3.8) is 0 Å². The van der Waals surface area contributed by atoms with Crippen molar-refractivity contribution >= 4 is 18.2 Å². The molecule has 0 aliphatic heterocycles. The van der Waals surface area contributed by atoms with Gasteiger partial charge >= 0.3 is 12.0 Å². The van der Waals surface area contributed by atoms with Gasteiger partial charge in [-0.3, -0.25) is 0 Å². The van der Waals surface area contributed by atoms with Gasteiger partial charge in [-0.15, -0.1) is 0 Å². The Hall–Kier alpha value is -1.17. The van der Waals surface area contributed by atoms with E-state index >= 15 is 0 Å². The zero-order valence-electron chi connectivity index (χ0n) is 6.67. The van der Waals surface area contributed by atoms with Gasteiger partial charge in [-0.1, -0.05) is 6.07 Å². The van der Waals surface area contributed by atoms with Crippen molar-refractivity contribution in [2.24, 2.45) is 0 Å². The van der Waals surface area contributed by atoms with Crippen molar-refractivity contribution in [3.8, 4) is 5.75 Å². The van der Waals surface area contributed by atoms with Crippen LogP contribution in [0.15, 0.2) is 29.2 Å². The highest BCUT2D eigenvalue weighted by Crippen LogP contribution is 2.37. The fraction of sp³-hybridized carbons (Fsp3) is 0.125. The molecule has 0 amide bonds. The van der Waals surface area contributed by atoms with E-state index < -0.39 is 5.51 Å². The lowest BCUT2D eigenvalue weighted by Crippen LogP contribution is -1.99. The Morgan fingerprint density at radius 2 is 2.07 bits per heavy atom. The van der Waals surface area contributed by atoms with Gasteiger partial charge in [0.15, 0.2) is 0 Å². The summed E-state index contributed by atoms with van der Waals surface area (Å²) >= 11 is -0.269. The number of carbonyl (C=O) groups excluding carboxylic acids is 1. The molecule has 0 spiro atoms. The molecule has 0 aliphatic rings.